The predicted molar refractivity (Wildman–Crippen MR) is 80.3 cm³/mol. The summed E-state index contributed by atoms with van der Waals surface area (Å²) in [5.74, 6) is 1.01. The lowest BCUT2D eigenvalue weighted by molar-refractivity contribution is 0.327. The highest BCUT2D eigenvalue weighted by molar-refractivity contribution is 5.46. The standard InChI is InChI=1S/C16H20N2O2/c1-4-20-15-6-5-14(10-18-15)17-9-13-7-11(2)16(19)12(3)8-13/h5-8,10,17,19H,4,9H2,1-3H3. The van der Waals surface area contributed by atoms with Crippen molar-refractivity contribution >= 4 is 5.69 Å². The van der Waals surface area contributed by atoms with Gasteiger partial charge in [0.05, 0.1) is 18.5 Å². The number of phenolic OH excluding ortho intramolecular Hbond substituents is 1. The number of rotatable bonds is 5. The number of benzene rings is 1. The molecule has 106 valence electrons. The van der Waals surface area contributed by atoms with Crippen molar-refractivity contribution in [3.05, 3.63) is 47.2 Å². The molecule has 2 aromatic rings. The van der Waals surface area contributed by atoms with Crippen LogP contribution in [-0.4, -0.2) is 16.7 Å². The van der Waals surface area contributed by atoms with Crippen molar-refractivity contribution in [3.63, 3.8) is 0 Å². The Balaban J connectivity index is 2.01. The zero-order valence-electron chi connectivity index (χ0n) is 12.1. The molecule has 4 nitrogen and oxygen atoms in total. The second-order valence-electron chi connectivity index (χ2n) is 4.75. The summed E-state index contributed by atoms with van der Waals surface area (Å²) >= 11 is 0. The highest BCUT2D eigenvalue weighted by Gasteiger charge is 2.03. The van der Waals surface area contributed by atoms with Gasteiger partial charge in [-0.15, -0.1) is 0 Å². The first-order valence-electron chi connectivity index (χ1n) is 6.72. The summed E-state index contributed by atoms with van der Waals surface area (Å²) in [6.07, 6.45) is 1.76. The molecule has 2 rings (SSSR count). The number of hydrogen-bond donors (Lipinski definition) is 2. The van der Waals surface area contributed by atoms with E-state index in [1.165, 1.54) is 0 Å². The molecule has 0 fully saturated rings. The first kappa shape index (κ1) is 14.2. The van der Waals surface area contributed by atoms with E-state index in [2.05, 4.69) is 10.3 Å². The third kappa shape index (κ3) is 3.41. The van der Waals surface area contributed by atoms with Gasteiger partial charge in [0.1, 0.15) is 5.75 Å². The Labute approximate surface area is 119 Å². The number of ether oxygens (including phenoxy) is 1. The quantitative estimate of drug-likeness (QED) is 0.875. The molecule has 0 radical (unpaired) electrons. The van der Waals surface area contributed by atoms with E-state index in [-0.39, 0.29) is 0 Å². The lowest BCUT2D eigenvalue weighted by Gasteiger charge is -2.10. The Bertz CT molecular complexity index is 557. The van der Waals surface area contributed by atoms with Gasteiger partial charge in [-0.05, 0) is 43.5 Å². The van der Waals surface area contributed by atoms with Crippen LogP contribution in [0.2, 0.25) is 0 Å². The molecule has 0 atom stereocenters. The van der Waals surface area contributed by atoms with E-state index in [4.69, 9.17) is 4.74 Å². The van der Waals surface area contributed by atoms with Crippen molar-refractivity contribution in [1.29, 1.82) is 0 Å². The summed E-state index contributed by atoms with van der Waals surface area (Å²) in [6, 6.07) is 7.76. The number of anilines is 1. The molecule has 0 saturated heterocycles. The fourth-order valence-electron chi connectivity index (χ4n) is 2.07. The zero-order valence-corrected chi connectivity index (χ0v) is 12.1. The Kier molecular flexibility index (Phi) is 4.45. The molecule has 1 aromatic heterocycles. The minimum Gasteiger partial charge on any atom is -0.507 e. The van der Waals surface area contributed by atoms with E-state index in [0.29, 0.717) is 24.8 Å². The van der Waals surface area contributed by atoms with Gasteiger partial charge in [0.25, 0.3) is 0 Å². The van der Waals surface area contributed by atoms with Crippen LogP contribution in [0.4, 0.5) is 5.69 Å². The Morgan fingerprint density at radius 1 is 1.20 bits per heavy atom. The molecule has 0 aliphatic rings. The predicted octanol–water partition coefficient (Wildman–Crippen LogP) is 3.41. The molecule has 0 saturated carbocycles. The molecule has 0 bridgehead atoms. The number of aromatic hydroxyl groups is 1. The van der Waals surface area contributed by atoms with Crippen LogP contribution in [-0.2, 0) is 6.54 Å². The average molecular weight is 272 g/mol. The van der Waals surface area contributed by atoms with Crippen LogP contribution < -0.4 is 10.1 Å². The largest absolute Gasteiger partial charge is 0.507 e. The van der Waals surface area contributed by atoms with Crippen molar-refractivity contribution in [2.45, 2.75) is 27.3 Å². The summed E-state index contributed by atoms with van der Waals surface area (Å²) < 4.78 is 5.30. The summed E-state index contributed by atoms with van der Waals surface area (Å²) in [5, 5.41) is 13.1. The van der Waals surface area contributed by atoms with Gasteiger partial charge in [-0.25, -0.2) is 4.98 Å². The average Bonchev–Trinajstić information content (AvgIpc) is 2.44. The first-order chi connectivity index (χ1) is 9.60. The molecule has 0 aliphatic carbocycles. The third-order valence-corrected chi connectivity index (χ3v) is 3.08. The van der Waals surface area contributed by atoms with Crippen molar-refractivity contribution in [2.24, 2.45) is 0 Å². The SMILES string of the molecule is CCOc1ccc(NCc2cc(C)c(O)c(C)c2)cn1. The third-order valence-electron chi connectivity index (χ3n) is 3.08. The van der Waals surface area contributed by atoms with Gasteiger partial charge in [-0.2, -0.15) is 0 Å². The molecular formula is C16H20N2O2. The van der Waals surface area contributed by atoms with E-state index < -0.39 is 0 Å². The van der Waals surface area contributed by atoms with Gasteiger partial charge in [0.15, 0.2) is 0 Å². The molecule has 0 unspecified atom stereocenters. The van der Waals surface area contributed by atoms with Gasteiger partial charge in [0.2, 0.25) is 5.88 Å². The van der Waals surface area contributed by atoms with Crippen LogP contribution in [0.25, 0.3) is 0 Å². The zero-order chi connectivity index (χ0) is 14.5. The Morgan fingerprint density at radius 3 is 2.45 bits per heavy atom. The fourth-order valence-corrected chi connectivity index (χ4v) is 2.07. The van der Waals surface area contributed by atoms with Crippen LogP contribution in [0.3, 0.4) is 0 Å². The normalized spacial score (nSPS) is 10.3. The van der Waals surface area contributed by atoms with E-state index in [1.807, 2.05) is 45.0 Å². The van der Waals surface area contributed by atoms with Gasteiger partial charge in [0, 0.05) is 12.6 Å². The van der Waals surface area contributed by atoms with Crippen molar-refractivity contribution in [2.75, 3.05) is 11.9 Å². The number of nitrogens with one attached hydrogen (secondary N) is 1. The van der Waals surface area contributed by atoms with Crippen molar-refractivity contribution in [3.8, 4) is 11.6 Å². The maximum absolute atomic E-state index is 9.75. The highest BCUT2D eigenvalue weighted by Crippen LogP contribution is 2.23. The molecule has 0 aliphatic heterocycles. The Morgan fingerprint density at radius 2 is 1.90 bits per heavy atom. The number of hydrogen-bond acceptors (Lipinski definition) is 4. The Hall–Kier alpha value is -2.23. The van der Waals surface area contributed by atoms with Gasteiger partial charge >= 0.3 is 0 Å². The van der Waals surface area contributed by atoms with Crippen molar-refractivity contribution in [1.82, 2.24) is 4.98 Å². The molecule has 1 aromatic carbocycles. The second kappa shape index (κ2) is 6.28. The van der Waals surface area contributed by atoms with Crippen LogP contribution >= 0.6 is 0 Å². The summed E-state index contributed by atoms with van der Waals surface area (Å²) in [7, 11) is 0. The van der Waals surface area contributed by atoms with E-state index in [0.717, 1.165) is 22.4 Å². The van der Waals surface area contributed by atoms with Crippen LogP contribution in [0.15, 0.2) is 30.5 Å². The van der Waals surface area contributed by atoms with Crippen LogP contribution in [0.5, 0.6) is 11.6 Å². The number of pyridine rings is 1. The van der Waals surface area contributed by atoms with E-state index in [9.17, 15) is 5.11 Å². The summed E-state index contributed by atoms with van der Waals surface area (Å²) in [4.78, 5) is 4.21. The maximum atomic E-state index is 9.75. The van der Waals surface area contributed by atoms with Gasteiger partial charge in [-0.3, -0.25) is 0 Å². The topological polar surface area (TPSA) is 54.4 Å². The number of aryl methyl sites for hydroxylation is 2. The highest BCUT2D eigenvalue weighted by atomic mass is 16.5. The summed E-state index contributed by atoms with van der Waals surface area (Å²) in [5.41, 5.74) is 3.86. The van der Waals surface area contributed by atoms with Crippen molar-refractivity contribution < 1.29 is 9.84 Å². The molecule has 2 N–H and O–H groups in total. The van der Waals surface area contributed by atoms with Crippen LogP contribution in [0.1, 0.15) is 23.6 Å². The van der Waals surface area contributed by atoms with Crippen LogP contribution in [0, 0.1) is 13.8 Å². The molecule has 0 spiro atoms. The maximum Gasteiger partial charge on any atom is 0.213 e. The molecule has 1 heterocycles. The second-order valence-corrected chi connectivity index (χ2v) is 4.75. The molecule has 20 heavy (non-hydrogen) atoms. The molecular weight excluding hydrogens is 252 g/mol. The van der Waals surface area contributed by atoms with E-state index >= 15 is 0 Å². The van der Waals surface area contributed by atoms with E-state index in [1.54, 1.807) is 6.20 Å². The molecule has 0 amide bonds. The number of phenols is 1. The summed E-state index contributed by atoms with van der Waals surface area (Å²) in [6.45, 7) is 7.06. The fraction of sp³-hybridized carbons (Fsp3) is 0.312. The monoisotopic (exact) mass is 272 g/mol. The lowest BCUT2D eigenvalue weighted by Crippen LogP contribution is -2.01. The minimum absolute atomic E-state index is 0.372. The number of aromatic nitrogens is 1. The lowest BCUT2D eigenvalue weighted by atomic mass is 10.1. The van der Waals surface area contributed by atoms with Gasteiger partial charge in [-0.1, -0.05) is 12.1 Å². The molecule has 4 heteroatoms. The number of nitrogens with zero attached hydrogens (tertiary/aromatic N) is 1. The van der Waals surface area contributed by atoms with Gasteiger partial charge < -0.3 is 15.2 Å². The smallest absolute Gasteiger partial charge is 0.213 e. The minimum atomic E-state index is 0.372. The first-order valence-corrected chi connectivity index (χ1v) is 6.72.